The minimum Gasteiger partial charge on any atom is -0.360 e. The monoisotopic (exact) mass is 435 g/mol. The number of aromatic nitrogens is 1. The highest BCUT2D eigenvalue weighted by Crippen LogP contribution is 2.26. The zero-order chi connectivity index (χ0) is 17.9. The maximum Gasteiger partial charge on any atom is 0.250 e. The number of carbonyl (C=O) groups is 1. The van der Waals surface area contributed by atoms with Crippen LogP contribution < -0.4 is 10.0 Å². The van der Waals surface area contributed by atoms with Crippen LogP contribution in [0, 0.1) is 12.8 Å². The van der Waals surface area contributed by atoms with Crippen molar-refractivity contribution in [3.63, 3.8) is 0 Å². The fourth-order valence-electron chi connectivity index (χ4n) is 1.96. The lowest BCUT2D eigenvalue weighted by Gasteiger charge is -2.22. The van der Waals surface area contributed by atoms with Crippen LogP contribution in [0.1, 0.15) is 26.0 Å². The van der Waals surface area contributed by atoms with Gasteiger partial charge in [0.1, 0.15) is 16.0 Å². The number of sulfonamides is 1. The van der Waals surface area contributed by atoms with E-state index in [2.05, 4.69) is 31.1 Å². The van der Waals surface area contributed by atoms with Crippen LogP contribution in [0.15, 0.2) is 30.7 Å². The summed E-state index contributed by atoms with van der Waals surface area (Å²) in [6.07, 6.45) is 0.632. The van der Waals surface area contributed by atoms with Crippen molar-refractivity contribution < 1.29 is 17.7 Å². The molecule has 0 fully saturated rings. The zero-order valence-corrected chi connectivity index (χ0v) is 16.6. The number of amides is 1. The summed E-state index contributed by atoms with van der Waals surface area (Å²) in [5, 5.41) is 6.27. The first-order valence-electron chi connectivity index (χ1n) is 7.24. The Morgan fingerprint density at radius 3 is 2.67 bits per heavy atom. The Balaban J connectivity index is 2.20. The molecular weight excluding hydrogens is 418 g/mol. The second kappa shape index (κ2) is 7.77. The quantitative estimate of drug-likeness (QED) is 0.695. The Morgan fingerprint density at radius 1 is 1.46 bits per heavy atom. The van der Waals surface area contributed by atoms with Gasteiger partial charge in [-0.15, -0.1) is 11.3 Å². The fraction of sp³-hybridized carbons (Fsp3) is 0.429. The smallest absolute Gasteiger partial charge is 0.250 e. The van der Waals surface area contributed by atoms with Gasteiger partial charge in [-0.3, -0.25) is 4.79 Å². The maximum absolute atomic E-state index is 12.5. The topological polar surface area (TPSA) is 101 Å². The Hall–Kier alpha value is -1.23. The maximum atomic E-state index is 12.5. The number of nitrogens with zero attached hydrogens (tertiary/aromatic N) is 1. The van der Waals surface area contributed by atoms with E-state index in [-0.39, 0.29) is 15.9 Å². The minimum absolute atomic E-state index is 0.146. The van der Waals surface area contributed by atoms with E-state index in [1.54, 1.807) is 19.1 Å². The third-order valence-electron chi connectivity index (χ3n) is 3.47. The van der Waals surface area contributed by atoms with Crippen molar-refractivity contribution in [1.29, 1.82) is 0 Å². The lowest BCUT2D eigenvalue weighted by Crippen LogP contribution is -2.47. The Kier molecular flexibility index (Phi) is 6.18. The van der Waals surface area contributed by atoms with Crippen molar-refractivity contribution in [2.75, 3.05) is 5.32 Å². The number of halogens is 1. The Bertz CT molecular complexity index is 816. The van der Waals surface area contributed by atoms with Gasteiger partial charge in [0.2, 0.25) is 5.91 Å². The van der Waals surface area contributed by atoms with E-state index in [9.17, 15) is 13.2 Å². The molecule has 0 spiro atoms. The van der Waals surface area contributed by atoms with Crippen molar-refractivity contribution in [3.8, 4) is 0 Å². The second-order valence-electron chi connectivity index (χ2n) is 5.36. The molecular formula is C14H18BrN3O4S2. The van der Waals surface area contributed by atoms with E-state index in [4.69, 9.17) is 4.52 Å². The molecule has 2 aromatic heterocycles. The minimum atomic E-state index is -3.79. The van der Waals surface area contributed by atoms with Gasteiger partial charge in [-0.1, -0.05) is 25.4 Å². The lowest BCUT2D eigenvalue weighted by molar-refractivity contribution is -0.118. The van der Waals surface area contributed by atoms with Crippen LogP contribution in [-0.4, -0.2) is 25.5 Å². The fourth-order valence-corrected chi connectivity index (χ4v) is 5.29. The molecule has 2 heterocycles. The van der Waals surface area contributed by atoms with Crippen molar-refractivity contribution >= 4 is 49.0 Å². The van der Waals surface area contributed by atoms with Crippen LogP contribution in [0.5, 0.6) is 0 Å². The number of aryl methyl sites for hydroxylation is 1. The average molecular weight is 436 g/mol. The predicted octanol–water partition coefficient (Wildman–Crippen LogP) is 3.14. The number of nitrogens with one attached hydrogen (secondary N) is 2. The molecule has 24 heavy (non-hydrogen) atoms. The molecule has 0 aromatic carbocycles. The van der Waals surface area contributed by atoms with Gasteiger partial charge in [0.15, 0.2) is 5.82 Å². The molecule has 7 nitrogen and oxygen atoms in total. The largest absolute Gasteiger partial charge is 0.360 e. The van der Waals surface area contributed by atoms with Crippen LogP contribution in [0.25, 0.3) is 0 Å². The molecule has 0 aliphatic rings. The molecule has 132 valence electrons. The summed E-state index contributed by atoms with van der Waals surface area (Å²) in [5.74, 6) is 0.131. The van der Waals surface area contributed by atoms with E-state index in [0.717, 1.165) is 11.3 Å². The molecule has 1 amide bonds. The number of hydrogen-bond donors (Lipinski definition) is 2. The highest BCUT2D eigenvalue weighted by molar-refractivity contribution is 9.11. The van der Waals surface area contributed by atoms with Gasteiger partial charge in [0.25, 0.3) is 10.0 Å². The molecule has 0 aliphatic heterocycles. The normalized spacial score (nSPS) is 14.3. The van der Waals surface area contributed by atoms with Crippen LogP contribution in [0.2, 0.25) is 0 Å². The van der Waals surface area contributed by atoms with Crippen molar-refractivity contribution in [1.82, 2.24) is 9.88 Å². The van der Waals surface area contributed by atoms with Gasteiger partial charge < -0.3 is 9.84 Å². The van der Waals surface area contributed by atoms with E-state index < -0.39 is 22.0 Å². The Morgan fingerprint density at radius 2 is 2.17 bits per heavy atom. The molecule has 2 atom stereocenters. The number of hydrogen-bond acceptors (Lipinski definition) is 6. The highest BCUT2D eigenvalue weighted by atomic mass is 79.9. The summed E-state index contributed by atoms with van der Waals surface area (Å²) < 4.78 is 33.2. The zero-order valence-electron chi connectivity index (χ0n) is 13.4. The first-order chi connectivity index (χ1) is 11.2. The van der Waals surface area contributed by atoms with Crippen molar-refractivity contribution in [3.05, 3.63) is 27.7 Å². The average Bonchev–Trinajstić information content (AvgIpc) is 3.13. The predicted molar refractivity (Wildman–Crippen MR) is 95.5 cm³/mol. The van der Waals surface area contributed by atoms with Gasteiger partial charge in [0.05, 0.1) is 3.79 Å². The van der Waals surface area contributed by atoms with Crippen LogP contribution in [0.3, 0.4) is 0 Å². The second-order valence-corrected chi connectivity index (χ2v) is 9.76. The van der Waals surface area contributed by atoms with E-state index >= 15 is 0 Å². The number of carbonyl (C=O) groups excluding carboxylic acids is 1. The van der Waals surface area contributed by atoms with E-state index in [1.807, 2.05) is 13.8 Å². The van der Waals surface area contributed by atoms with E-state index in [1.165, 1.54) is 6.07 Å². The molecule has 0 saturated carbocycles. The summed E-state index contributed by atoms with van der Waals surface area (Å²) in [7, 11) is -3.79. The molecule has 1 unspecified atom stereocenters. The van der Waals surface area contributed by atoms with Crippen LogP contribution in [-0.2, 0) is 14.8 Å². The SMILES string of the molecule is CCC(C)[C@H](NS(=O)(=O)c1ccc(Br)s1)C(=O)Nc1cc(C)on1. The Labute approximate surface area is 153 Å². The van der Waals surface area contributed by atoms with Gasteiger partial charge in [0, 0.05) is 6.07 Å². The molecule has 0 saturated heterocycles. The number of rotatable bonds is 7. The number of thiophene rings is 1. The first-order valence-corrected chi connectivity index (χ1v) is 10.3. The summed E-state index contributed by atoms with van der Waals surface area (Å²) in [4.78, 5) is 12.5. The first kappa shape index (κ1) is 19.1. The third-order valence-corrected chi connectivity index (χ3v) is 7.03. The van der Waals surface area contributed by atoms with Gasteiger partial charge in [-0.25, -0.2) is 8.42 Å². The standard InChI is InChI=1S/C14H18BrN3O4S2/c1-4-8(2)13(14(19)16-11-7-9(3)22-17-11)18-24(20,21)12-6-5-10(15)23-12/h5-8,13,18H,4H2,1-3H3,(H,16,17,19)/t8?,13-/m0/s1. The highest BCUT2D eigenvalue weighted by Gasteiger charge is 2.30. The van der Waals surface area contributed by atoms with E-state index in [0.29, 0.717) is 16.0 Å². The summed E-state index contributed by atoms with van der Waals surface area (Å²) in [6, 6.07) is 3.79. The van der Waals surface area contributed by atoms with Crippen molar-refractivity contribution in [2.45, 2.75) is 37.4 Å². The molecule has 10 heteroatoms. The van der Waals surface area contributed by atoms with Crippen molar-refractivity contribution in [2.24, 2.45) is 5.92 Å². The molecule has 2 N–H and O–H groups in total. The third kappa shape index (κ3) is 4.65. The lowest BCUT2D eigenvalue weighted by atomic mass is 9.99. The van der Waals surface area contributed by atoms with Gasteiger partial charge >= 0.3 is 0 Å². The summed E-state index contributed by atoms with van der Waals surface area (Å²) in [6.45, 7) is 5.40. The van der Waals surface area contributed by atoms with Crippen LogP contribution >= 0.6 is 27.3 Å². The molecule has 0 aliphatic carbocycles. The molecule has 2 aromatic rings. The summed E-state index contributed by atoms with van der Waals surface area (Å²) in [5.41, 5.74) is 0. The van der Waals surface area contributed by atoms with Gasteiger partial charge in [-0.2, -0.15) is 4.72 Å². The number of anilines is 1. The molecule has 2 rings (SSSR count). The summed E-state index contributed by atoms with van der Waals surface area (Å²) >= 11 is 4.32. The van der Waals surface area contributed by atoms with Gasteiger partial charge in [-0.05, 0) is 40.9 Å². The molecule has 0 radical (unpaired) electrons. The van der Waals surface area contributed by atoms with Crippen LogP contribution in [0.4, 0.5) is 5.82 Å². The molecule has 0 bridgehead atoms.